The van der Waals surface area contributed by atoms with E-state index in [1.54, 1.807) is 0 Å². The third kappa shape index (κ3) is 5.87. The molecule has 0 spiro atoms. The van der Waals surface area contributed by atoms with Crippen LogP contribution in [0.1, 0.15) is 5.56 Å². The van der Waals surface area contributed by atoms with Crippen LogP contribution in [-0.2, 0) is 6.54 Å². The van der Waals surface area contributed by atoms with Crippen molar-refractivity contribution in [1.29, 1.82) is 0 Å². The molecule has 1 unspecified atom stereocenters. The van der Waals surface area contributed by atoms with Gasteiger partial charge in [-0.25, -0.2) is 4.39 Å². The predicted octanol–water partition coefficient (Wildman–Crippen LogP) is 1.37. The zero-order valence-electron chi connectivity index (χ0n) is 10.6. The van der Waals surface area contributed by atoms with Gasteiger partial charge in [-0.15, -0.1) is 0 Å². The first-order chi connectivity index (χ1) is 9.29. The van der Waals surface area contributed by atoms with E-state index in [1.165, 1.54) is 24.3 Å². The highest BCUT2D eigenvalue weighted by atomic mass is 19.4. The number of nitrogens with two attached hydrogens (primary N) is 2. The van der Waals surface area contributed by atoms with E-state index in [2.05, 4.69) is 10.3 Å². The minimum Gasteiger partial charge on any atom is -0.370 e. The lowest BCUT2D eigenvalue weighted by atomic mass is 10.1. The van der Waals surface area contributed by atoms with Gasteiger partial charge in [-0.2, -0.15) is 13.2 Å². The number of hydrogen-bond donors (Lipinski definition) is 3. The van der Waals surface area contributed by atoms with Gasteiger partial charge in [-0.3, -0.25) is 4.99 Å². The van der Waals surface area contributed by atoms with Gasteiger partial charge in [0.05, 0.1) is 12.5 Å². The van der Waals surface area contributed by atoms with E-state index >= 15 is 0 Å². The number of nitrogens with one attached hydrogen (secondary N) is 1. The van der Waals surface area contributed by atoms with E-state index in [1.807, 2.05) is 0 Å². The summed E-state index contributed by atoms with van der Waals surface area (Å²) in [5.74, 6) is -2.45. The van der Waals surface area contributed by atoms with Crippen LogP contribution in [0.5, 0.6) is 0 Å². The van der Waals surface area contributed by atoms with Crippen molar-refractivity contribution in [1.82, 2.24) is 5.32 Å². The Kier molecular flexibility index (Phi) is 5.75. The van der Waals surface area contributed by atoms with Crippen molar-refractivity contribution in [2.75, 3.05) is 13.1 Å². The van der Waals surface area contributed by atoms with Crippen LogP contribution < -0.4 is 16.8 Å². The number of guanidine groups is 1. The van der Waals surface area contributed by atoms with E-state index in [9.17, 15) is 17.6 Å². The molecule has 0 aliphatic heterocycles. The molecule has 0 heterocycles. The van der Waals surface area contributed by atoms with Gasteiger partial charge in [0.15, 0.2) is 5.96 Å². The Morgan fingerprint density at radius 1 is 1.20 bits per heavy atom. The summed E-state index contributed by atoms with van der Waals surface area (Å²) in [7, 11) is 0. The Hall–Kier alpha value is -1.83. The monoisotopic (exact) mass is 292 g/mol. The number of hydrogen-bond acceptors (Lipinski definition) is 2. The molecule has 4 nitrogen and oxygen atoms in total. The molecule has 1 atom stereocenters. The normalized spacial score (nSPS) is 13.0. The molecule has 8 heteroatoms. The molecule has 0 aromatic heterocycles. The van der Waals surface area contributed by atoms with E-state index in [0.717, 1.165) is 0 Å². The molecule has 20 heavy (non-hydrogen) atoms. The van der Waals surface area contributed by atoms with Crippen molar-refractivity contribution in [3.63, 3.8) is 0 Å². The largest absolute Gasteiger partial charge is 0.394 e. The van der Waals surface area contributed by atoms with Crippen molar-refractivity contribution in [3.8, 4) is 0 Å². The molecule has 1 rings (SSSR count). The van der Waals surface area contributed by atoms with Gasteiger partial charge in [0, 0.05) is 13.1 Å². The summed E-state index contributed by atoms with van der Waals surface area (Å²) in [6.07, 6.45) is -4.39. The van der Waals surface area contributed by atoms with Gasteiger partial charge in [0.25, 0.3) is 0 Å². The van der Waals surface area contributed by atoms with Crippen molar-refractivity contribution < 1.29 is 17.6 Å². The fourth-order valence-corrected chi connectivity index (χ4v) is 1.49. The average Bonchev–Trinajstić information content (AvgIpc) is 2.34. The van der Waals surface area contributed by atoms with Crippen LogP contribution in [0, 0.1) is 11.7 Å². The van der Waals surface area contributed by atoms with Gasteiger partial charge < -0.3 is 16.8 Å². The summed E-state index contributed by atoms with van der Waals surface area (Å²) < 4.78 is 50.8. The zero-order chi connectivity index (χ0) is 15.2. The van der Waals surface area contributed by atoms with Crippen LogP contribution in [0.3, 0.4) is 0 Å². The fraction of sp³-hybridized carbons (Fsp3) is 0.417. The Labute approximate surface area is 113 Å². The lowest BCUT2D eigenvalue weighted by Gasteiger charge is -2.19. The fourth-order valence-electron chi connectivity index (χ4n) is 1.49. The van der Waals surface area contributed by atoms with Crippen molar-refractivity contribution in [3.05, 3.63) is 35.6 Å². The van der Waals surface area contributed by atoms with Crippen LogP contribution in [0.25, 0.3) is 0 Å². The van der Waals surface area contributed by atoms with Gasteiger partial charge >= 0.3 is 6.18 Å². The standard InChI is InChI=1S/C12H16F4N4/c13-10-3-1-8(2-4-10)5-19-6-9(12(14,15)16)7-20-11(17)18/h1-4,9,19H,5-7H2,(H4,17,18,20). The van der Waals surface area contributed by atoms with Crippen LogP contribution in [-0.4, -0.2) is 25.2 Å². The first kappa shape index (κ1) is 16.2. The van der Waals surface area contributed by atoms with Gasteiger partial charge in [-0.1, -0.05) is 12.1 Å². The molecule has 0 bridgehead atoms. The first-order valence-electron chi connectivity index (χ1n) is 5.86. The number of nitrogens with zero attached hydrogens (tertiary/aromatic N) is 1. The van der Waals surface area contributed by atoms with E-state index < -0.39 is 24.5 Å². The summed E-state index contributed by atoms with van der Waals surface area (Å²) in [6, 6.07) is 5.50. The second kappa shape index (κ2) is 7.09. The maximum atomic E-state index is 12.7. The maximum absolute atomic E-state index is 12.7. The van der Waals surface area contributed by atoms with Crippen LogP contribution in [0.4, 0.5) is 17.6 Å². The number of benzene rings is 1. The highest BCUT2D eigenvalue weighted by Crippen LogP contribution is 2.26. The highest BCUT2D eigenvalue weighted by Gasteiger charge is 2.38. The molecule has 0 saturated carbocycles. The van der Waals surface area contributed by atoms with Crippen molar-refractivity contribution in [2.24, 2.45) is 22.4 Å². The lowest BCUT2D eigenvalue weighted by Crippen LogP contribution is -2.36. The molecule has 112 valence electrons. The number of rotatable bonds is 6. The Morgan fingerprint density at radius 3 is 2.30 bits per heavy atom. The Bertz CT molecular complexity index is 438. The molecule has 0 aliphatic carbocycles. The molecular weight excluding hydrogens is 276 g/mol. The summed E-state index contributed by atoms with van der Waals surface area (Å²) in [5, 5.41) is 2.66. The molecule has 1 aromatic rings. The number of aliphatic imine (C=N–C) groups is 1. The van der Waals surface area contributed by atoms with E-state index in [4.69, 9.17) is 11.5 Å². The van der Waals surface area contributed by atoms with E-state index in [-0.39, 0.29) is 19.0 Å². The van der Waals surface area contributed by atoms with Gasteiger partial charge in [0.1, 0.15) is 5.82 Å². The SMILES string of the molecule is NC(N)=NCC(CNCc1ccc(F)cc1)C(F)(F)F. The minimum absolute atomic E-state index is 0.203. The third-order valence-electron chi connectivity index (χ3n) is 2.59. The van der Waals surface area contributed by atoms with Crippen LogP contribution in [0.15, 0.2) is 29.3 Å². The van der Waals surface area contributed by atoms with Crippen molar-refractivity contribution >= 4 is 5.96 Å². The second-order valence-corrected chi connectivity index (χ2v) is 4.26. The zero-order valence-corrected chi connectivity index (χ0v) is 10.6. The molecule has 0 aliphatic rings. The minimum atomic E-state index is -4.39. The quantitative estimate of drug-likeness (QED) is 0.421. The summed E-state index contributed by atoms with van der Waals surface area (Å²) >= 11 is 0. The number of alkyl halides is 3. The van der Waals surface area contributed by atoms with Gasteiger partial charge in [-0.05, 0) is 17.7 Å². The molecule has 5 N–H and O–H groups in total. The smallest absolute Gasteiger partial charge is 0.370 e. The summed E-state index contributed by atoms with van der Waals surface area (Å²) in [4.78, 5) is 3.39. The number of halogens is 4. The lowest BCUT2D eigenvalue weighted by molar-refractivity contribution is -0.170. The molecule has 0 amide bonds. The van der Waals surface area contributed by atoms with Crippen molar-refractivity contribution in [2.45, 2.75) is 12.7 Å². The molecular formula is C12H16F4N4. The Balaban J connectivity index is 2.50. The molecule has 0 radical (unpaired) electrons. The predicted molar refractivity (Wildman–Crippen MR) is 68.3 cm³/mol. The van der Waals surface area contributed by atoms with Crippen LogP contribution >= 0.6 is 0 Å². The maximum Gasteiger partial charge on any atom is 0.394 e. The Morgan fingerprint density at radius 2 is 1.80 bits per heavy atom. The summed E-state index contributed by atoms with van der Waals surface area (Å²) in [5.41, 5.74) is 10.7. The van der Waals surface area contributed by atoms with E-state index in [0.29, 0.717) is 5.56 Å². The first-order valence-corrected chi connectivity index (χ1v) is 5.86. The van der Waals surface area contributed by atoms with Crippen LogP contribution in [0.2, 0.25) is 0 Å². The average molecular weight is 292 g/mol. The van der Waals surface area contributed by atoms with Gasteiger partial charge in [0.2, 0.25) is 0 Å². The third-order valence-corrected chi connectivity index (χ3v) is 2.59. The second-order valence-electron chi connectivity index (χ2n) is 4.26. The molecule has 0 fully saturated rings. The topological polar surface area (TPSA) is 76.4 Å². The summed E-state index contributed by atoms with van der Waals surface area (Å²) in [6.45, 7) is -0.644. The molecule has 0 saturated heterocycles. The highest BCUT2D eigenvalue weighted by molar-refractivity contribution is 5.75. The molecule has 1 aromatic carbocycles.